The molecule has 2 N–H and O–H groups in total. The third kappa shape index (κ3) is 4.94. The van der Waals surface area contributed by atoms with Crippen molar-refractivity contribution in [1.29, 1.82) is 0 Å². The van der Waals surface area contributed by atoms with Gasteiger partial charge in [0.1, 0.15) is 0 Å². The predicted octanol–water partition coefficient (Wildman–Crippen LogP) is 3.10. The normalized spacial score (nSPS) is 13.4. The molecule has 2 aromatic carbocycles. The second kappa shape index (κ2) is 6.29. The van der Waals surface area contributed by atoms with Crippen molar-refractivity contribution in [2.75, 3.05) is 13.3 Å². The van der Waals surface area contributed by atoms with E-state index in [1.807, 2.05) is 74.0 Å². The predicted molar refractivity (Wildman–Crippen MR) is 90.3 cm³/mol. The van der Waals surface area contributed by atoms with Gasteiger partial charge in [-0.15, -0.1) is 0 Å². The summed E-state index contributed by atoms with van der Waals surface area (Å²) in [6, 6.07) is 20.1. The van der Waals surface area contributed by atoms with E-state index in [1.165, 1.54) is 0 Å². The maximum absolute atomic E-state index is 9.38. The van der Waals surface area contributed by atoms with Gasteiger partial charge < -0.3 is 0 Å². The summed E-state index contributed by atoms with van der Waals surface area (Å²) in [4.78, 5) is 0. The molecule has 112 valence electrons. The Hall–Kier alpha value is -1.19. The van der Waals surface area contributed by atoms with Crippen LogP contribution in [0.1, 0.15) is 11.1 Å². The molecule has 0 bridgehead atoms. The van der Waals surface area contributed by atoms with E-state index < -0.39 is 14.2 Å². The van der Waals surface area contributed by atoms with Crippen LogP contribution in [0, 0.1) is 0 Å². The molecule has 2 aromatic rings. The number of benzene rings is 2. The molecule has 3 nitrogen and oxygen atoms in total. The Morgan fingerprint density at radius 2 is 1.19 bits per heavy atom. The molecule has 0 atom stereocenters. The van der Waals surface area contributed by atoms with Crippen LogP contribution in [-0.4, -0.2) is 30.7 Å². The van der Waals surface area contributed by atoms with Gasteiger partial charge in [0, 0.05) is 0 Å². The molecule has 0 aliphatic heterocycles. The van der Waals surface area contributed by atoms with Gasteiger partial charge in [0.25, 0.3) is 0 Å². The standard InChI is InChI=1S/C16H22BO3P/c1-21(2,20-17(18)19,13-15-9-5-3-6-10-15)14-16-11-7-4-8-12-16/h3-12,18-19H,13-14H2,1-2H3. The van der Waals surface area contributed by atoms with E-state index in [1.54, 1.807) is 0 Å². The molecule has 0 amide bonds. The second-order valence-electron chi connectivity index (χ2n) is 6.28. The van der Waals surface area contributed by atoms with Crippen molar-refractivity contribution in [1.82, 2.24) is 0 Å². The van der Waals surface area contributed by atoms with Gasteiger partial charge in [-0.1, -0.05) is 0 Å². The van der Waals surface area contributed by atoms with Crippen molar-refractivity contribution in [3.63, 3.8) is 0 Å². The molecule has 0 radical (unpaired) electrons. The minimum absolute atomic E-state index is 0.707. The van der Waals surface area contributed by atoms with Gasteiger partial charge in [-0.25, -0.2) is 0 Å². The number of rotatable bonds is 6. The molecule has 0 saturated carbocycles. The average molecular weight is 304 g/mol. The fraction of sp³-hybridized carbons (Fsp3) is 0.250. The molecule has 0 spiro atoms. The summed E-state index contributed by atoms with van der Waals surface area (Å²) in [5.41, 5.74) is 2.30. The first-order valence-corrected chi connectivity index (χ1v) is 10.4. The molecular weight excluding hydrogens is 282 g/mol. The third-order valence-electron chi connectivity index (χ3n) is 3.49. The number of hydrogen-bond acceptors (Lipinski definition) is 3. The molecule has 21 heavy (non-hydrogen) atoms. The fourth-order valence-corrected chi connectivity index (χ4v) is 6.36. The van der Waals surface area contributed by atoms with Crippen LogP contribution < -0.4 is 0 Å². The zero-order valence-corrected chi connectivity index (χ0v) is 13.4. The summed E-state index contributed by atoms with van der Waals surface area (Å²) in [5.74, 6) is 0. The van der Waals surface area contributed by atoms with Crippen molar-refractivity contribution in [2.24, 2.45) is 0 Å². The Labute approximate surface area is 126 Å². The zero-order chi connectivity index (χ0) is 15.4. The average Bonchev–Trinajstić information content (AvgIpc) is 2.38. The van der Waals surface area contributed by atoms with Crippen LogP contribution in [-0.2, 0) is 16.8 Å². The zero-order valence-electron chi connectivity index (χ0n) is 12.5. The van der Waals surface area contributed by atoms with Crippen LogP contribution in [0.4, 0.5) is 0 Å². The van der Waals surface area contributed by atoms with Gasteiger partial charge in [0.15, 0.2) is 0 Å². The van der Waals surface area contributed by atoms with Crippen LogP contribution in [0.15, 0.2) is 60.7 Å². The van der Waals surface area contributed by atoms with E-state index in [0.717, 1.165) is 11.1 Å². The second-order valence-corrected chi connectivity index (χ2v) is 12.2. The Bertz CT molecular complexity index is 527. The molecule has 0 heterocycles. The molecule has 0 aliphatic rings. The summed E-state index contributed by atoms with van der Waals surface area (Å²) in [6.45, 7) is 1.31. The van der Waals surface area contributed by atoms with Gasteiger partial charge in [-0.05, 0) is 0 Å². The SMILES string of the molecule is CP(C)(Cc1ccccc1)(Cc1ccccc1)OB(O)O. The van der Waals surface area contributed by atoms with Gasteiger partial charge in [0.05, 0.1) is 0 Å². The van der Waals surface area contributed by atoms with E-state index in [2.05, 4.69) is 0 Å². The molecule has 2 rings (SSSR count). The Morgan fingerprint density at radius 1 is 0.810 bits per heavy atom. The molecule has 0 aliphatic carbocycles. The number of hydrogen-bond donors (Lipinski definition) is 2. The first kappa shape index (κ1) is 16.2. The van der Waals surface area contributed by atoms with E-state index >= 15 is 0 Å². The molecule has 0 saturated heterocycles. The van der Waals surface area contributed by atoms with Gasteiger partial charge in [-0.2, -0.15) is 0 Å². The quantitative estimate of drug-likeness (QED) is 0.637. The van der Waals surface area contributed by atoms with Gasteiger partial charge in [-0.3, -0.25) is 0 Å². The molecule has 5 heteroatoms. The van der Waals surface area contributed by atoms with Crippen LogP contribution in [0.2, 0.25) is 0 Å². The third-order valence-corrected chi connectivity index (χ3v) is 7.10. The maximum atomic E-state index is 9.38. The molecule has 0 unspecified atom stereocenters. The summed E-state index contributed by atoms with van der Waals surface area (Å²) in [7, 11) is -1.75. The van der Waals surface area contributed by atoms with Crippen LogP contribution in [0.25, 0.3) is 0 Å². The van der Waals surface area contributed by atoms with Crippen molar-refractivity contribution in [2.45, 2.75) is 12.3 Å². The van der Waals surface area contributed by atoms with E-state index in [-0.39, 0.29) is 0 Å². The van der Waals surface area contributed by atoms with E-state index in [0.29, 0.717) is 12.3 Å². The van der Waals surface area contributed by atoms with Crippen LogP contribution >= 0.6 is 6.83 Å². The molecule has 0 aromatic heterocycles. The minimum atomic E-state index is -2.78. The van der Waals surface area contributed by atoms with Gasteiger partial charge in [0.2, 0.25) is 0 Å². The molecule has 0 fully saturated rings. The summed E-state index contributed by atoms with van der Waals surface area (Å²) < 4.78 is 5.67. The fourth-order valence-electron chi connectivity index (χ4n) is 2.76. The summed E-state index contributed by atoms with van der Waals surface area (Å²) in [5, 5.41) is 18.8. The topological polar surface area (TPSA) is 49.7 Å². The Morgan fingerprint density at radius 3 is 1.52 bits per heavy atom. The van der Waals surface area contributed by atoms with E-state index in [4.69, 9.17) is 4.44 Å². The molecular formula is C16H22BO3P. The van der Waals surface area contributed by atoms with Gasteiger partial charge >= 0.3 is 126 Å². The van der Waals surface area contributed by atoms with Crippen LogP contribution in [0.5, 0.6) is 0 Å². The summed E-state index contributed by atoms with van der Waals surface area (Å²) >= 11 is 0. The summed E-state index contributed by atoms with van der Waals surface area (Å²) in [6.07, 6.45) is 1.41. The van der Waals surface area contributed by atoms with E-state index in [9.17, 15) is 10.0 Å². The Kier molecular flexibility index (Phi) is 4.85. The first-order chi connectivity index (χ1) is 9.86. The van der Waals surface area contributed by atoms with Crippen LogP contribution in [0.3, 0.4) is 0 Å². The Balaban J connectivity index is 2.30. The first-order valence-electron chi connectivity index (χ1n) is 6.99. The monoisotopic (exact) mass is 304 g/mol. The van der Waals surface area contributed by atoms with Crippen molar-refractivity contribution < 1.29 is 14.5 Å². The van der Waals surface area contributed by atoms with Crippen molar-refractivity contribution in [3.8, 4) is 0 Å². The van der Waals surface area contributed by atoms with Crippen molar-refractivity contribution in [3.05, 3.63) is 71.8 Å². The van der Waals surface area contributed by atoms with Crippen molar-refractivity contribution >= 4 is 14.2 Å².